The first-order chi connectivity index (χ1) is 11.6. The van der Waals surface area contributed by atoms with E-state index >= 15 is 0 Å². The number of nitriles is 1. The maximum absolute atomic E-state index is 9.25. The van der Waals surface area contributed by atoms with Crippen LogP contribution in [0.1, 0.15) is 11.1 Å². The molecule has 118 valence electrons. The van der Waals surface area contributed by atoms with Gasteiger partial charge in [0.05, 0.1) is 18.0 Å². The largest absolute Gasteiger partial charge is 0.371 e. The molecule has 24 heavy (non-hydrogen) atoms. The van der Waals surface area contributed by atoms with Crippen LogP contribution < -0.4 is 5.32 Å². The van der Waals surface area contributed by atoms with Crippen molar-refractivity contribution in [2.24, 2.45) is 7.05 Å². The Hall–Kier alpha value is -2.98. The molecule has 0 amide bonds. The number of thiazole rings is 1. The molecule has 0 aliphatic rings. The molecule has 0 aliphatic carbocycles. The minimum absolute atomic E-state index is 0.668. The van der Waals surface area contributed by atoms with Gasteiger partial charge in [-0.25, -0.2) is 15.0 Å². The van der Waals surface area contributed by atoms with Gasteiger partial charge in [-0.05, 0) is 18.6 Å². The molecule has 0 spiro atoms. The van der Waals surface area contributed by atoms with Gasteiger partial charge in [0.15, 0.2) is 5.82 Å². The number of aromatic nitrogens is 4. The summed E-state index contributed by atoms with van der Waals surface area (Å²) in [5.41, 5.74) is 5.17. The van der Waals surface area contributed by atoms with Gasteiger partial charge in [-0.3, -0.25) is 0 Å². The van der Waals surface area contributed by atoms with Gasteiger partial charge in [0.1, 0.15) is 26.4 Å². The molecule has 0 atom stereocenters. The number of fused-ring (bicyclic) bond motifs is 3. The highest BCUT2D eigenvalue weighted by atomic mass is 32.1. The third-order valence-electron chi connectivity index (χ3n) is 4.05. The van der Waals surface area contributed by atoms with E-state index in [2.05, 4.69) is 21.4 Å². The molecule has 0 saturated heterocycles. The molecule has 3 aromatic heterocycles. The Balaban J connectivity index is 2.01. The van der Waals surface area contributed by atoms with Crippen LogP contribution in [-0.2, 0) is 7.05 Å². The molecule has 1 N–H and O–H groups in total. The number of anilines is 1. The van der Waals surface area contributed by atoms with Crippen molar-refractivity contribution < 1.29 is 0 Å². The van der Waals surface area contributed by atoms with Gasteiger partial charge in [-0.2, -0.15) is 5.26 Å². The summed E-state index contributed by atoms with van der Waals surface area (Å²) >= 11 is 1.52. The fraction of sp³-hybridized carbons (Fsp3) is 0.176. The highest BCUT2D eigenvalue weighted by Gasteiger charge is 2.17. The van der Waals surface area contributed by atoms with Gasteiger partial charge in [-0.15, -0.1) is 0 Å². The quantitative estimate of drug-likeness (QED) is 0.607. The second kappa shape index (κ2) is 5.28. The van der Waals surface area contributed by atoms with Gasteiger partial charge in [0.2, 0.25) is 0 Å². The van der Waals surface area contributed by atoms with Crippen LogP contribution in [0.4, 0.5) is 5.82 Å². The third-order valence-corrected chi connectivity index (χ3v) is 5.05. The van der Waals surface area contributed by atoms with E-state index in [-0.39, 0.29) is 0 Å². The van der Waals surface area contributed by atoms with Crippen molar-refractivity contribution in [2.75, 3.05) is 12.4 Å². The summed E-state index contributed by atoms with van der Waals surface area (Å²) in [6.07, 6.45) is 1.77. The van der Waals surface area contributed by atoms with Crippen LogP contribution in [-0.4, -0.2) is 26.6 Å². The lowest BCUT2D eigenvalue weighted by molar-refractivity contribution is 0.949. The normalized spacial score (nSPS) is 11.1. The number of hydrogen-bond donors (Lipinski definition) is 1. The molecule has 7 heteroatoms. The second-order valence-corrected chi connectivity index (χ2v) is 6.55. The Kier molecular flexibility index (Phi) is 3.22. The van der Waals surface area contributed by atoms with Crippen molar-refractivity contribution in [2.45, 2.75) is 6.92 Å². The first-order valence-electron chi connectivity index (χ1n) is 7.43. The van der Waals surface area contributed by atoms with Gasteiger partial charge < -0.3 is 9.88 Å². The molecule has 4 aromatic rings. The summed E-state index contributed by atoms with van der Waals surface area (Å²) in [5, 5.41) is 13.2. The number of aryl methyl sites for hydroxylation is 2. The molecule has 3 heterocycles. The van der Waals surface area contributed by atoms with E-state index in [1.807, 2.05) is 43.8 Å². The van der Waals surface area contributed by atoms with Crippen LogP contribution in [0.25, 0.3) is 32.0 Å². The number of imidazole rings is 1. The minimum atomic E-state index is 0.668. The summed E-state index contributed by atoms with van der Waals surface area (Å²) in [5.74, 6) is 0.745. The van der Waals surface area contributed by atoms with E-state index in [1.54, 1.807) is 6.33 Å². The highest BCUT2D eigenvalue weighted by molar-refractivity contribution is 7.21. The molecule has 4 rings (SSSR count). The zero-order valence-corrected chi connectivity index (χ0v) is 14.3. The first kappa shape index (κ1) is 14.6. The predicted octanol–water partition coefficient (Wildman–Crippen LogP) is 3.47. The lowest BCUT2D eigenvalue weighted by Crippen LogP contribution is -1.95. The van der Waals surface area contributed by atoms with Gasteiger partial charge in [-0.1, -0.05) is 23.5 Å². The molecular weight excluding hydrogens is 320 g/mol. The zero-order chi connectivity index (χ0) is 16.8. The summed E-state index contributed by atoms with van der Waals surface area (Å²) < 4.78 is 1.96. The zero-order valence-electron chi connectivity index (χ0n) is 13.5. The van der Waals surface area contributed by atoms with Crippen molar-refractivity contribution in [1.29, 1.82) is 5.26 Å². The molecule has 0 bridgehead atoms. The second-order valence-electron chi connectivity index (χ2n) is 5.58. The number of benzene rings is 1. The topological polar surface area (TPSA) is 79.4 Å². The standard InChI is InChI=1S/C17H14N6S/c1-9-4-5-10(6-11(9)7-18)16-21-13-14-12(20-8-23(14)3)15(19-2)22-17(13)24-16/h4-6,8H,1-3H3,(H,19,22). The van der Waals surface area contributed by atoms with Crippen molar-refractivity contribution in [3.8, 4) is 16.6 Å². The number of hydrogen-bond acceptors (Lipinski definition) is 6. The number of pyridine rings is 1. The van der Waals surface area contributed by atoms with Crippen molar-refractivity contribution in [1.82, 2.24) is 19.5 Å². The third kappa shape index (κ3) is 2.04. The Bertz CT molecular complexity index is 1130. The molecule has 0 unspecified atom stereocenters. The lowest BCUT2D eigenvalue weighted by Gasteiger charge is -2.01. The molecule has 1 aromatic carbocycles. The van der Waals surface area contributed by atoms with Crippen LogP contribution in [0.2, 0.25) is 0 Å². The summed E-state index contributed by atoms with van der Waals surface area (Å²) in [7, 11) is 3.79. The average molecular weight is 334 g/mol. The van der Waals surface area contributed by atoms with E-state index in [1.165, 1.54) is 11.3 Å². The SMILES string of the molecule is CNc1nc2sc(-c3ccc(C)c(C#N)c3)nc2c2c1ncn2C. The Morgan fingerprint density at radius 2 is 2.08 bits per heavy atom. The van der Waals surface area contributed by atoms with Gasteiger partial charge in [0, 0.05) is 19.7 Å². The van der Waals surface area contributed by atoms with E-state index in [4.69, 9.17) is 4.98 Å². The molecule has 6 nitrogen and oxygen atoms in total. The summed E-state index contributed by atoms with van der Waals surface area (Å²) in [6.45, 7) is 1.93. The fourth-order valence-electron chi connectivity index (χ4n) is 2.75. The number of nitrogens with one attached hydrogen (secondary N) is 1. The van der Waals surface area contributed by atoms with Crippen molar-refractivity contribution in [3.05, 3.63) is 35.7 Å². The first-order valence-corrected chi connectivity index (χ1v) is 8.24. The Morgan fingerprint density at radius 1 is 1.25 bits per heavy atom. The predicted molar refractivity (Wildman–Crippen MR) is 96.1 cm³/mol. The fourth-order valence-corrected chi connectivity index (χ4v) is 3.69. The van der Waals surface area contributed by atoms with Crippen LogP contribution in [0.3, 0.4) is 0 Å². The van der Waals surface area contributed by atoms with Crippen LogP contribution in [0, 0.1) is 18.3 Å². The van der Waals surface area contributed by atoms with E-state index < -0.39 is 0 Å². The highest BCUT2D eigenvalue weighted by Crippen LogP contribution is 2.35. The molecular formula is C17H14N6S. The number of nitrogens with zero attached hydrogens (tertiary/aromatic N) is 5. The van der Waals surface area contributed by atoms with Crippen molar-refractivity contribution in [3.63, 3.8) is 0 Å². The van der Waals surface area contributed by atoms with E-state index in [0.29, 0.717) is 5.56 Å². The van der Waals surface area contributed by atoms with Crippen LogP contribution in [0.5, 0.6) is 0 Å². The summed E-state index contributed by atoms with van der Waals surface area (Å²) in [4.78, 5) is 14.7. The molecule has 0 aliphatic heterocycles. The number of rotatable bonds is 2. The minimum Gasteiger partial charge on any atom is -0.371 e. The molecule has 0 radical (unpaired) electrons. The van der Waals surface area contributed by atoms with E-state index in [0.717, 1.165) is 43.3 Å². The van der Waals surface area contributed by atoms with Crippen molar-refractivity contribution >= 4 is 38.5 Å². The maximum atomic E-state index is 9.25. The monoisotopic (exact) mass is 334 g/mol. The van der Waals surface area contributed by atoms with Crippen LogP contribution in [0.15, 0.2) is 24.5 Å². The molecule has 0 saturated carbocycles. The smallest absolute Gasteiger partial charge is 0.155 e. The lowest BCUT2D eigenvalue weighted by atomic mass is 10.1. The van der Waals surface area contributed by atoms with Gasteiger partial charge >= 0.3 is 0 Å². The Morgan fingerprint density at radius 3 is 2.83 bits per heavy atom. The average Bonchev–Trinajstić information content (AvgIpc) is 3.18. The van der Waals surface area contributed by atoms with E-state index in [9.17, 15) is 5.26 Å². The summed E-state index contributed by atoms with van der Waals surface area (Å²) in [6, 6.07) is 8.05. The van der Waals surface area contributed by atoms with Crippen LogP contribution >= 0.6 is 11.3 Å². The van der Waals surface area contributed by atoms with Gasteiger partial charge in [0.25, 0.3) is 0 Å². The molecule has 0 fully saturated rings. The maximum Gasteiger partial charge on any atom is 0.155 e. The Labute approximate surface area is 142 Å².